The Bertz CT molecular complexity index is 800. The zero-order valence-corrected chi connectivity index (χ0v) is 14.1. The summed E-state index contributed by atoms with van der Waals surface area (Å²) in [6.45, 7) is 1.95. The maximum absolute atomic E-state index is 12.3. The van der Waals surface area contributed by atoms with Crippen LogP contribution in [-0.4, -0.2) is 20.4 Å². The minimum atomic E-state index is -0.151. The number of rotatable bonds is 4. The third-order valence-electron chi connectivity index (χ3n) is 3.48. The molecule has 2 heterocycles. The SMILES string of the molecule is CC(NC(=O)c1ccc(-n2ccnc2)nc1)c1cccc(Br)c1. The van der Waals surface area contributed by atoms with Gasteiger partial charge in [-0.15, -0.1) is 0 Å². The molecule has 1 amide bonds. The van der Waals surface area contributed by atoms with Gasteiger partial charge in [0.15, 0.2) is 0 Å². The first-order chi connectivity index (χ1) is 11.1. The molecular weight excluding hydrogens is 356 g/mol. The minimum absolute atomic E-state index is 0.0895. The third kappa shape index (κ3) is 3.65. The van der Waals surface area contributed by atoms with Crippen molar-refractivity contribution in [2.75, 3.05) is 0 Å². The Labute approximate surface area is 142 Å². The van der Waals surface area contributed by atoms with E-state index in [2.05, 4.69) is 31.2 Å². The lowest BCUT2D eigenvalue weighted by Gasteiger charge is -2.14. The number of amides is 1. The molecule has 0 bridgehead atoms. The molecule has 2 aromatic heterocycles. The van der Waals surface area contributed by atoms with Crippen molar-refractivity contribution >= 4 is 21.8 Å². The first-order valence-corrected chi connectivity index (χ1v) is 7.93. The van der Waals surface area contributed by atoms with Gasteiger partial charge in [-0.25, -0.2) is 9.97 Å². The highest BCUT2D eigenvalue weighted by Gasteiger charge is 2.12. The van der Waals surface area contributed by atoms with Gasteiger partial charge in [0, 0.05) is 23.1 Å². The molecule has 0 radical (unpaired) electrons. The summed E-state index contributed by atoms with van der Waals surface area (Å²) >= 11 is 3.44. The van der Waals surface area contributed by atoms with Crippen LogP contribution in [0.2, 0.25) is 0 Å². The molecule has 0 aliphatic carbocycles. The lowest BCUT2D eigenvalue weighted by atomic mass is 10.1. The molecule has 0 spiro atoms. The number of carbonyl (C=O) groups is 1. The Balaban J connectivity index is 1.71. The Morgan fingerprint density at radius 2 is 2.17 bits per heavy atom. The number of pyridine rings is 1. The van der Waals surface area contributed by atoms with Crippen molar-refractivity contribution in [3.05, 3.63) is 76.9 Å². The monoisotopic (exact) mass is 370 g/mol. The molecule has 0 saturated carbocycles. The number of aromatic nitrogens is 3. The second-order valence-electron chi connectivity index (χ2n) is 5.13. The summed E-state index contributed by atoms with van der Waals surface area (Å²) in [6.07, 6.45) is 6.72. The van der Waals surface area contributed by atoms with E-state index in [0.29, 0.717) is 5.56 Å². The van der Waals surface area contributed by atoms with Crippen molar-refractivity contribution in [1.29, 1.82) is 0 Å². The Morgan fingerprint density at radius 3 is 2.83 bits per heavy atom. The summed E-state index contributed by atoms with van der Waals surface area (Å²) in [5.41, 5.74) is 1.56. The smallest absolute Gasteiger partial charge is 0.253 e. The Kier molecular flexibility index (Phi) is 4.52. The first-order valence-electron chi connectivity index (χ1n) is 7.14. The topological polar surface area (TPSA) is 59.8 Å². The van der Waals surface area contributed by atoms with Crippen molar-refractivity contribution in [3.63, 3.8) is 0 Å². The molecule has 3 rings (SSSR count). The average Bonchev–Trinajstić information content (AvgIpc) is 3.09. The number of benzene rings is 1. The lowest BCUT2D eigenvalue weighted by molar-refractivity contribution is 0.0939. The van der Waals surface area contributed by atoms with Crippen LogP contribution >= 0.6 is 15.9 Å². The van der Waals surface area contributed by atoms with Crippen LogP contribution in [0.5, 0.6) is 0 Å². The van der Waals surface area contributed by atoms with Gasteiger partial charge >= 0.3 is 0 Å². The zero-order valence-electron chi connectivity index (χ0n) is 12.5. The fourth-order valence-electron chi connectivity index (χ4n) is 2.21. The van der Waals surface area contributed by atoms with E-state index in [0.717, 1.165) is 15.9 Å². The van der Waals surface area contributed by atoms with Crippen molar-refractivity contribution in [2.45, 2.75) is 13.0 Å². The zero-order chi connectivity index (χ0) is 16.2. The van der Waals surface area contributed by atoms with Gasteiger partial charge < -0.3 is 5.32 Å². The van der Waals surface area contributed by atoms with Crippen LogP contribution in [0, 0.1) is 0 Å². The van der Waals surface area contributed by atoms with Crippen LogP contribution < -0.4 is 5.32 Å². The molecule has 5 nitrogen and oxygen atoms in total. The Hall–Kier alpha value is -2.47. The lowest BCUT2D eigenvalue weighted by Crippen LogP contribution is -2.26. The molecule has 23 heavy (non-hydrogen) atoms. The quantitative estimate of drug-likeness (QED) is 0.764. The van der Waals surface area contributed by atoms with E-state index >= 15 is 0 Å². The minimum Gasteiger partial charge on any atom is -0.345 e. The molecule has 1 unspecified atom stereocenters. The molecule has 116 valence electrons. The highest BCUT2D eigenvalue weighted by atomic mass is 79.9. The maximum atomic E-state index is 12.3. The predicted molar refractivity (Wildman–Crippen MR) is 91.4 cm³/mol. The van der Waals surface area contributed by atoms with Crippen LogP contribution in [0.15, 0.2) is 65.8 Å². The van der Waals surface area contributed by atoms with Crippen LogP contribution in [0.1, 0.15) is 28.9 Å². The van der Waals surface area contributed by atoms with Crippen LogP contribution in [0.25, 0.3) is 5.82 Å². The normalized spacial score (nSPS) is 11.9. The molecule has 0 aliphatic heterocycles. The summed E-state index contributed by atoms with van der Waals surface area (Å²) in [4.78, 5) is 20.6. The average molecular weight is 371 g/mol. The Morgan fingerprint density at radius 1 is 1.30 bits per heavy atom. The number of hydrogen-bond donors (Lipinski definition) is 1. The van der Waals surface area contributed by atoms with Gasteiger partial charge in [-0.05, 0) is 36.8 Å². The van der Waals surface area contributed by atoms with Crippen molar-refractivity contribution in [1.82, 2.24) is 19.9 Å². The third-order valence-corrected chi connectivity index (χ3v) is 3.97. The van der Waals surface area contributed by atoms with E-state index in [-0.39, 0.29) is 11.9 Å². The summed E-state index contributed by atoms with van der Waals surface area (Å²) in [6, 6.07) is 11.3. The largest absolute Gasteiger partial charge is 0.345 e. The molecule has 0 fully saturated rings. The summed E-state index contributed by atoms with van der Waals surface area (Å²) in [5, 5.41) is 2.97. The molecular formula is C17H15BrN4O. The fraction of sp³-hybridized carbons (Fsp3) is 0.118. The molecule has 1 N–H and O–H groups in total. The van der Waals surface area contributed by atoms with Crippen molar-refractivity contribution < 1.29 is 4.79 Å². The molecule has 0 aliphatic rings. The second-order valence-corrected chi connectivity index (χ2v) is 6.04. The molecule has 1 atom stereocenters. The van der Waals surface area contributed by atoms with E-state index in [1.807, 2.05) is 31.2 Å². The highest BCUT2D eigenvalue weighted by molar-refractivity contribution is 9.10. The predicted octanol–water partition coefficient (Wildman–Crippen LogP) is 3.52. The van der Waals surface area contributed by atoms with E-state index < -0.39 is 0 Å². The van der Waals surface area contributed by atoms with Crippen LogP contribution in [0.3, 0.4) is 0 Å². The maximum Gasteiger partial charge on any atom is 0.253 e. The number of carbonyl (C=O) groups excluding carboxylic acids is 1. The van der Waals surface area contributed by atoms with Gasteiger partial charge in [0.2, 0.25) is 0 Å². The van der Waals surface area contributed by atoms with E-state index in [9.17, 15) is 4.79 Å². The molecule has 1 aromatic carbocycles. The van der Waals surface area contributed by atoms with E-state index in [4.69, 9.17) is 0 Å². The van der Waals surface area contributed by atoms with Crippen molar-refractivity contribution in [2.24, 2.45) is 0 Å². The van der Waals surface area contributed by atoms with Gasteiger partial charge in [0.25, 0.3) is 5.91 Å². The van der Waals surface area contributed by atoms with E-state index in [1.54, 1.807) is 41.6 Å². The number of nitrogens with one attached hydrogen (secondary N) is 1. The molecule has 6 heteroatoms. The number of nitrogens with zero attached hydrogens (tertiary/aromatic N) is 3. The second kappa shape index (κ2) is 6.75. The standard InChI is InChI=1S/C17H15BrN4O/c1-12(13-3-2-4-15(18)9-13)21-17(23)14-5-6-16(20-10-14)22-8-7-19-11-22/h2-12H,1H3,(H,21,23). The molecule has 3 aromatic rings. The summed E-state index contributed by atoms with van der Waals surface area (Å²) < 4.78 is 2.77. The highest BCUT2D eigenvalue weighted by Crippen LogP contribution is 2.18. The van der Waals surface area contributed by atoms with Crippen LogP contribution in [-0.2, 0) is 0 Å². The van der Waals surface area contributed by atoms with Gasteiger partial charge in [-0.2, -0.15) is 0 Å². The fourth-order valence-corrected chi connectivity index (χ4v) is 2.62. The van der Waals surface area contributed by atoms with Gasteiger partial charge in [0.1, 0.15) is 12.1 Å². The van der Waals surface area contributed by atoms with Gasteiger partial charge in [-0.1, -0.05) is 28.1 Å². The summed E-state index contributed by atoms with van der Waals surface area (Å²) in [5.74, 6) is 0.571. The van der Waals surface area contributed by atoms with Gasteiger partial charge in [0.05, 0.1) is 11.6 Å². The number of halogens is 1. The molecule has 0 saturated heterocycles. The van der Waals surface area contributed by atoms with Crippen LogP contribution in [0.4, 0.5) is 0 Å². The number of imidazole rings is 1. The summed E-state index contributed by atoms with van der Waals surface area (Å²) in [7, 11) is 0. The first kappa shape index (κ1) is 15.4. The number of hydrogen-bond acceptors (Lipinski definition) is 3. The van der Waals surface area contributed by atoms with Gasteiger partial charge in [-0.3, -0.25) is 9.36 Å². The van der Waals surface area contributed by atoms with Crippen molar-refractivity contribution in [3.8, 4) is 5.82 Å². The van der Waals surface area contributed by atoms with E-state index in [1.165, 1.54) is 0 Å².